The van der Waals surface area contributed by atoms with Gasteiger partial charge in [-0.2, -0.15) is 17.0 Å². The van der Waals surface area contributed by atoms with E-state index < -0.39 is 10.2 Å². The summed E-state index contributed by atoms with van der Waals surface area (Å²) in [4.78, 5) is 0. The SMILES string of the molecule is CC1CCCN(S(=O)(=O)N(C)CCCNC(C)C)C1. The van der Waals surface area contributed by atoms with Crippen molar-refractivity contribution < 1.29 is 8.42 Å². The van der Waals surface area contributed by atoms with Crippen molar-refractivity contribution in [2.24, 2.45) is 5.92 Å². The maximum absolute atomic E-state index is 12.4. The summed E-state index contributed by atoms with van der Waals surface area (Å²) in [6.07, 6.45) is 2.95. The average molecular weight is 291 g/mol. The van der Waals surface area contributed by atoms with E-state index in [1.54, 1.807) is 11.4 Å². The first-order valence-electron chi connectivity index (χ1n) is 7.29. The molecule has 0 aromatic heterocycles. The Morgan fingerprint density at radius 3 is 2.68 bits per heavy atom. The third kappa shape index (κ3) is 5.38. The summed E-state index contributed by atoms with van der Waals surface area (Å²) >= 11 is 0. The molecule has 0 aromatic rings. The molecule has 1 heterocycles. The first-order valence-corrected chi connectivity index (χ1v) is 8.68. The molecule has 19 heavy (non-hydrogen) atoms. The van der Waals surface area contributed by atoms with Gasteiger partial charge in [0, 0.05) is 32.7 Å². The first kappa shape index (κ1) is 16.9. The lowest BCUT2D eigenvalue weighted by atomic mass is 10.0. The molecule has 0 spiro atoms. The molecule has 1 N–H and O–H groups in total. The minimum absolute atomic E-state index is 0.449. The van der Waals surface area contributed by atoms with Gasteiger partial charge < -0.3 is 5.32 Å². The third-order valence-electron chi connectivity index (χ3n) is 3.54. The van der Waals surface area contributed by atoms with Crippen molar-refractivity contribution in [1.29, 1.82) is 0 Å². The van der Waals surface area contributed by atoms with Gasteiger partial charge in [0.1, 0.15) is 0 Å². The number of piperidine rings is 1. The Hall–Kier alpha value is -0.170. The zero-order valence-corrected chi connectivity index (χ0v) is 13.5. The van der Waals surface area contributed by atoms with Gasteiger partial charge in [-0.15, -0.1) is 0 Å². The zero-order valence-electron chi connectivity index (χ0n) is 12.7. The second-order valence-electron chi connectivity index (χ2n) is 5.90. The lowest BCUT2D eigenvalue weighted by molar-refractivity contribution is 0.263. The maximum Gasteiger partial charge on any atom is 0.281 e. The van der Waals surface area contributed by atoms with Crippen molar-refractivity contribution in [2.75, 3.05) is 33.2 Å². The normalized spacial score (nSPS) is 22.3. The van der Waals surface area contributed by atoms with Crippen LogP contribution in [0.4, 0.5) is 0 Å². The molecule has 0 amide bonds. The molecule has 0 saturated carbocycles. The van der Waals surface area contributed by atoms with Gasteiger partial charge in [0.15, 0.2) is 0 Å². The van der Waals surface area contributed by atoms with Crippen molar-refractivity contribution in [1.82, 2.24) is 13.9 Å². The Morgan fingerprint density at radius 2 is 2.11 bits per heavy atom. The van der Waals surface area contributed by atoms with E-state index in [-0.39, 0.29) is 0 Å². The smallest absolute Gasteiger partial charge is 0.281 e. The molecule has 0 aliphatic carbocycles. The number of hydrogen-bond donors (Lipinski definition) is 1. The Morgan fingerprint density at radius 1 is 1.42 bits per heavy atom. The van der Waals surface area contributed by atoms with E-state index in [2.05, 4.69) is 26.1 Å². The third-order valence-corrected chi connectivity index (χ3v) is 5.50. The summed E-state index contributed by atoms with van der Waals surface area (Å²) < 4.78 is 27.9. The van der Waals surface area contributed by atoms with Gasteiger partial charge in [-0.05, 0) is 31.7 Å². The highest BCUT2D eigenvalue weighted by molar-refractivity contribution is 7.86. The van der Waals surface area contributed by atoms with Crippen LogP contribution in [0.2, 0.25) is 0 Å². The molecule has 1 rings (SSSR count). The number of nitrogens with one attached hydrogen (secondary N) is 1. The van der Waals surface area contributed by atoms with Gasteiger partial charge in [0.25, 0.3) is 10.2 Å². The molecular formula is C13H29N3O2S. The van der Waals surface area contributed by atoms with E-state index in [4.69, 9.17) is 0 Å². The Kier molecular flexibility index (Phi) is 6.73. The van der Waals surface area contributed by atoms with Gasteiger partial charge >= 0.3 is 0 Å². The van der Waals surface area contributed by atoms with E-state index >= 15 is 0 Å². The van der Waals surface area contributed by atoms with Gasteiger partial charge in [-0.25, -0.2) is 0 Å². The van der Waals surface area contributed by atoms with Crippen LogP contribution in [0.1, 0.15) is 40.0 Å². The minimum atomic E-state index is -3.26. The fourth-order valence-corrected chi connectivity index (χ4v) is 3.92. The molecule has 1 atom stereocenters. The molecule has 0 aromatic carbocycles. The summed E-state index contributed by atoms with van der Waals surface area (Å²) in [6, 6.07) is 0.449. The Bertz CT molecular complexity index is 357. The first-order chi connectivity index (χ1) is 8.84. The van der Waals surface area contributed by atoms with Crippen molar-refractivity contribution in [3.05, 3.63) is 0 Å². The fraction of sp³-hybridized carbons (Fsp3) is 1.00. The molecule has 1 fully saturated rings. The molecule has 1 saturated heterocycles. The minimum Gasteiger partial charge on any atom is -0.314 e. The molecular weight excluding hydrogens is 262 g/mol. The summed E-state index contributed by atoms with van der Waals surface area (Å²) in [5.74, 6) is 0.472. The summed E-state index contributed by atoms with van der Waals surface area (Å²) in [5.41, 5.74) is 0. The van der Waals surface area contributed by atoms with E-state index in [9.17, 15) is 8.42 Å². The highest BCUT2D eigenvalue weighted by atomic mass is 32.2. The lowest BCUT2D eigenvalue weighted by Gasteiger charge is -2.33. The zero-order chi connectivity index (χ0) is 14.5. The number of hydrogen-bond acceptors (Lipinski definition) is 3. The van der Waals surface area contributed by atoms with Gasteiger partial charge in [0.05, 0.1) is 0 Å². The van der Waals surface area contributed by atoms with Crippen LogP contribution >= 0.6 is 0 Å². The Balaban J connectivity index is 2.42. The molecule has 0 bridgehead atoms. The van der Waals surface area contributed by atoms with Crippen LogP contribution in [-0.2, 0) is 10.2 Å². The standard InChI is InChI=1S/C13H29N3O2S/c1-12(2)14-8-6-9-15(4)19(17,18)16-10-5-7-13(3)11-16/h12-14H,5-11H2,1-4H3. The van der Waals surface area contributed by atoms with E-state index in [0.29, 0.717) is 31.6 Å². The second kappa shape index (κ2) is 7.57. The predicted molar refractivity (Wildman–Crippen MR) is 79.3 cm³/mol. The molecule has 1 aliphatic heterocycles. The van der Waals surface area contributed by atoms with E-state index in [0.717, 1.165) is 25.8 Å². The summed E-state index contributed by atoms with van der Waals surface area (Å²) in [7, 11) is -1.57. The lowest BCUT2D eigenvalue weighted by Crippen LogP contribution is -2.46. The van der Waals surface area contributed by atoms with E-state index in [1.165, 1.54) is 4.31 Å². The van der Waals surface area contributed by atoms with Crippen LogP contribution < -0.4 is 5.32 Å². The van der Waals surface area contributed by atoms with Crippen LogP contribution in [-0.4, -0.2) is 56.3 Å². The average Bonchev–Trinajstić information content (AvgIpc) is 2.34. The quantitative estimate of drug-likeness (QED) is 0.719. The number of nitrogens with zero attached hydrogens (tertiary/aromatic N) is 2. The van der Waals surface area contributed by atoms with Crippen molar-refractivity contribution in [3.63, 3.8) is 0 Å². The highest BCUT2D eigenvalue weighted by Gasteiger charge is 2.29. The predicted octanol–water partition coefficient (Wildman–Crippen LogP) is 1.28. The van der Waals surface area contributed by atoms with Crippen molar-refractivity contribution >= 4 is 10.2 Å². The monoisotopic (exact) mass is 291 g/mol. The summed E-state index contributed by atoms with van der Waals surface area (Å²) in [5, 5.41) is 3.30. The van der Waals surface area contributed by atoms with Crippen molar-refractivity contribution in [2.45, 2.75) is 46.1 Å². The molecule has 6 heteroatoms. The maximum atomic E-state index is 12.4. The van der Waals surface area contributed by atoms with Crippen LogP contribution in [0.5, 0.6) is 0 Å². The highest BCUT2D eigenvalue weighted by Crippen LogP contribution is 2.19. The molecule has 1 aliphatic rings. The van der Waals surface area contributed by atoms with Crippen molar-refractivity contribution in [3.8, 4) is 0 Å². The van der Waals surface area contributed by atoms with Crippen LogP contribution in [0.25, 0.3) is 0 Å². The molecule has 5 nitrogen and oxygen atoms in total. The fourth-order valence-electron chi connectivity index (χ4n) is 2.36. The topological polar surface area (TPSA) is 52.7 Å². The Labute approximate surface area is 118 Å². The number of rotatable bonds is 7. The second-order valence-corrected chi connectivity index (χ2v) is 7.93. The van der Waals surface area contributed by atoms with Crippen LogP contribution in [0, 0.1) is 5.92 Å². The van der Waals surface area contributed by atoms with Gasteiger partial charge in [0.2, 0.25) is 0 Å². The van der Waals surface area contributed by atoms with Gasteiger partial charge in [-0.1, -0.05) is 20.8 Å². The van der Waals surface area contributed by atoms with Crippen LogP contribution in [0.3, 0.4) is 0 Å². The molecule has 0 radical (unpaired) electrons. The van der Waals surface area contributed by atoms with Gasteiger partial charge in [-0.3, -0.25) is 0 Å². The largest absolute Gasteiger partial charge is 0.314 e. The molecule has 1 unspecified atom stereocenters. The summed E-state index contributed by atoms with van der Waals surface area (Å²) in [6.45, 7) is 9.07. The van der Waals surface area contributed by atoms with E-state index in [1.807, 2.05) is 0 Å². The van der Waals surface area contributed by atoms with Crippen LogP contribution in [0.15, 0.2) is 0 Å². The molecule has 114 valence electrons.